The third-order valence-corrected chi connectivity index (χ3v) is 7.96. The molecule has 2 saturated heterocycles. The SMILES string of the molecule is CCOc1cc2nc(N3CCOCC3)nc(N3CCC(n4c(=O)c5ccccc5n(C)c4=O)CC3)c2cc1OCC. The summed E-state index contributed by atoms with van der Waals surface area (Å²) < 4.78 is 20.4. The zero-order valence-corrected chi connectivity index (χ0v) is 23.8. The summed E-state index contributed by atoms with van der Waals surface area (Å²) in [4.78, 5) is 41.1. The molecule has 2 fully saturated rings. The van der Waals surface area contributed by atoms with Gasteiger partial charge in [0.2, 0.25) is 5.95 Å². The van der Waals surface area contributed by atoms with Gasteiger partial charge in [-0.05, 0) is 44.9 Å². The van der Waals surface area contributed by atoms with E-state index in [1.54, 1.807) is 17.7 Å². The Hall–Kier alpha value is -4.12. The van der Waals surface area contributed by atoms with E-state index in [4.69, 9.17) is 24.2 Å². The highest BCUT2D eigenvalue weighted by Crippen LogP contribution is 2.38. The first-order chi connectivity index (χ1) is 20.0. The van der Waals surface area contributed by atoms with Gasteiger partial charge in [-0.3, -0.25) is 13.9 Å². The van der Waals surface area contributed by atoms with Crippen LogP contribution in [0.2, 0.25) is 0 Å². The fourth-order valence-corrected chi connectivity index (χ4v) is 5.88. The highest BCUT2D eigenvalue weighted by Gasteiger charge is 2.28. The molecule has 11 nitrogen and oxygen atoms in total. The van der Waals surface area contributed by atoms with Crippen molar-refractivity contribution in [1.82, 2.24) is 19.1 Å². The molecule has 11 heteroatoms. The lowest BCUT2D eigenvalue weighted by molar-refractivity contribution is 0.122. The molecule has 2 aliphatic rings. The largest absolute Gasteiger partial charge is 0.490 e. The number of aromatic nitrogens is 4. The lowest BCUT2D eigenvalue weighted by Gasteiger charge is -2.35. The van der Waals surface area contributed by atoms with Gasteiger partial charge in [-0.1, -0.05) is 12.1 Å². The van der Waals surface area contributed by atoms with Crippen molar-refractivity contribution in [1.29, 1.82) is 0 Å². The molecule has 0 radical (unpaired) electrons. The van der Waals surface area contributed by atoms with E-state index in [0.29, 0.717) is 80.7 Å². The molecule has 2 aliphatic heterocycles. The summed E-state index contributed by atoms with van der Waals surface area (Å²) in [5, 5.41) is 1.44. The van der Waals surface area contributed by atoms with E-state index in [0.717, 1.165) is 29.8 Å². The second-order valence-corrected chi connectivity index (χ2v) is 10.4. The number of piperidine rings is 1. The predicted molar refractivity (Wildman–Crippen MR) is 159 cm³/mol. The van der Waals surface area contributed by atoms with Crippen molar-refractivity contribution >= 4 is 33.6 Å². The quantitative estimate of drug-likeness (QED) is 0.337. The lowest BCUT2D eigenvalue weighted by Crippen LogP contribution is -2.45. The van der Waals surface area contributed by atoms with Gasteiger partial charge in [0.1, 0.15) is 5.82 Å². The Bertz CT molecular complexity index is 1690. The second-order valence-electron chi connectivity index (χ2n) is 10.4. The van der Waals surface area contributed by atoms with Crippen LogP contribution in [0.5, 0.6) is 11.5 Å². The van der Waals surface area contributed by atoms with E-state index < -0.39 is 0 Å². The average Bonchev–Trinajstić information content (AvgIpc) is 3.01. The smallest absolute Gasteiger partial charge is 0.331 e. The van der Waals surface area contributed by atoms with Crippen molar-refractivity contribution in [3.63, 3.8) is 0 Å². The van der Waals surface area contributed by atoms with E-state index in [2.05, 4.69) is 9.80 Å². The van der Waals surface area contributed by atoms with Gasteiger partial charge < -0.3 is 24.0 Å². The maximum atomic E-state index is 13.4. The molecular formula is C30H36N6O5. The number of fused-ring (bicyclic) bond motifs is 2. The molecule has 0 spiro atoms. The van der Waals surface area contributed by atoms with Crippen LogP contribution in [-0.2, 0) is 11.8 Å². The zero-order valence-electron chi connectivity index (χ0n) is 23.8. The zero-order chi connectivity index (χ0) is 28.5. The van der Waals surface area contributed by atoms with Gasteiger partial charge in [0, 0.05) is 50.7 Å². The Morgan fingerprint density at radius 3 is 2.27 bits per heavy atom. The number of morpholine rings is 1. The van der Waals surface area contributed by atoms with Crippen molar-refractivity contribution < 1.29 is 14.2 Å². The summed E-state index contributed by atoms with van der Waals surface area (Å²) in [6.45, 7) is 8.89. The molecule has 0 saturated carbocycles. The monoisotopic (exact) mass is 560 g/mol. The van der Waals surface area contributed by atoms with Crippen LogP contribution in [0.25, 0.3) is 21.8 Å². The predicted octanol–water partition coefficient (Wildman–Crippen LogP) is 3.12. The van der Waals surface area contributed by atoms with Gasteiger partial charge in [0.05, 0.1) is 42.8 Å². The molecule has 0 bridgehead atoms. The highest BCUT2D eigenvalue weighted by atomic mass is 16.5. The third kappa shape index (κ3) is 4.99. The number of aryl methyl sites for hydroxylation is 1. The first-order valence-corrected chi connectivity index (χ1v) is 14.4. The van der Waals surface area contributed by atoms with Crippen LogP contribution in [0.4, 0.5) is 11.8 Å². The summed E-state index contributed by atoms with van der Waals surface area (Å²) in [6.07, 6.45) is 1.28. The Morgan fingerprint density at radius 1 is 0.878 bits per heavy atom. The Balaban J connectivity index is 1.38. The summed E-state index contributed by atoms with van der Waals surface area (Å²) in [5.41, 5.74) is 0.925. The first kappa shape index (κ1) is 27.1. The number of para-hydroxylation sites is 1. The van der Waals surface area contributed by atoms with Crippen molar-refractivity contribution in [2.24, 2.45) is 7.05 Å². The molecule has 0 atom stereocenters. The normalized spacial score (nSPS) is 16.5. The molecule has 4 heterocycles. The van der Waals surface area contributed by atoms with E-state index in [9.17, 15) is 9.59 Å². The van der Waals surface area contributed by atoms with Crippen molar-refractivity contribution in [3.8, 4) is 11.5 Å². The maximum absolute atomic E-state index is 13.4. The minimum absolute atomic E-state index is 0.197. The minimum Gasteiger partial charge on any atom is -0.490 e. The molecule has 2 aromatic heterocycles. The molecular weight excluding hydrogens is 524 g/mol. The van der Waals surface area contributed by atoms with E-state index in [1.807, 2.05) is 44.2 Å². The Morgan fingerprint density at radius 2 is 1.56 bits per heavy atom. The minimum atomic E-state index is -0.279. The number of anilines is 2. The average molecular weight is 561 g/mol. The molecule has 0 unspecified atom stereocenters. The number of nitrogens with zero attached hydrogens (tertiary/aromatic N) is 6. The van der Waals surface area contributed by atoms with Gasteiger partial charge >= 0.3 is 5.69 Å². The van der Waals surface area contributed by atoms with Gasteiger partial charge in [0.25, 0.3) is 5.56 Å². The topological polar surface area (TPSA) is 104 Å². The summed E-state index contributed by atoms with van der Waals surface area (Å²) in [5.74, 6) is 2.79. The molecule has 0 N–H and O–H groups in total. The van der Waals surface area contributed by atoms with Crippen LogP contribution in [0.1, 0.15) is 32.7 Å². The fourth-order valence-electron chi connectivity index (χ4n) is 5.88. The Labute approximate surface area is 237 Å². The van der Waals surface area contributed by atoms with Gasteiger partial charge in [-0.2, -0.15) is 4.98 Å². The van der Waals surface area contributed by atoms with E-state index in [1.165, 1.54) is 4.57 Å². The number of hydrogen-bond acceptors (Lipinski definition) is 9. The van der Waals surface area contributed by atoms with Gasteiger partial charge in [-0.15, -0.1) is 0 Å². The number of rotatable bonds is 7. The van der Waals surface area contributed by atoms with Crippen LogP contribution < -0.4 is 30.5 Å². The Kier molecular flexibility index (Phi) is 7.53. The van der Waals surface area contributed by atoms with Crippen LogP contribution >= 0.6 is 0 Å². The number of ether oxygens (including phenoxy) is 3. The number of benzene rings is 2. The number of hydrogen-bond donors (Lipinski definition) is 0. The molecule has 0 amide bonds. The molecule has 0 aliphatic carbocycles. The van der Waals surface area contributed by atoms with E-state index >= 15 is 0 Å². The fraction of sp³-hybridized carbons (Fsp3) is 0.467. The van der Waals surface area contributed by atoms with Crippen LogP contribution in [-0.4, -0.2) is 71.7 Å². The van der Waals surface area contributed by atoms with Gasteiger partial charge in [0.15, 0.2) is 11.5 Å². The summed E-state index contributed by atoms with van der Waals surface area (Å²) in [7, 11) is 1.72. The summed E-state index contributed by atoms with van der Waals surface area (Å²) in [6, 6.07) is 11.0. The standard InChI is InChI=1S/C30H36N6O5/c1-4-40-25-18-22-23(19-26(25)41-5-2)31-29(35-14-16-39-17-15-35)32-27(22)34-12-10-20(11-13-34)36-28(37)21-8-6-7-9-24(21)33(3)30(36)38/h6-9,18-20H,4-5,10-17H2,1-3H3. The molecule has 6 rings (SSSR count). The lowest BCUT2D eigenvalue weighted by atomic mass is 10.0. The van der Waals surface area contributed by atoms with Crippen LogP contribution in [0.15, 0.2) is 46.0 Å². The van der Waals surface area contributed by atoms with Crippen molar-refractivity contribution in [2.45, 2.75) is 32.7 Å². The highest BCUT2D eigenvalue weighted by molar-refractivity contribution is 5.93. The van der Waals surface area contributed by atoms with Crippen molar-refractivity contribution in [2.75, 3.05) is 62.4 Å². The summed E-state index contributed by atoms with van der Waals surface area (Å²) >= 11 is 0. The third-order valence-electron chi connectivity index (χ3n) is 7.96. The van der Waals surface area contributed by atoms with E-state index in [-0.39, 0.29) is 17.3 Å². The molecule has 216 valence electrons. The van der Waals surface area contributed by atoms with Gasteiger partial charge in [-0.25, -0.2) is 9.78 Å². The molecule has 41 heavy (non-hydrogen) atoms. The first-order valence-electron chi connectivity index (χ1n) is 14.4. The maximum Gasteiger partial charge on any atom is 0.331 e. The second kappa shape index (κ2) is 11.4. The molecule has 2 aromatic carbocycles. The van der Waals surface area contributed by atoms with Crippen LogP contribution in [0, 0.1) is 0 Å². The van der Waals surface area contributed by atoms with Crippen LogP contribution in [0.3, 0.4) is 0 Å². The van der Waals surface area contributed by atoms with Crippen molar-refractivity contribution in [3.05, 3.63) is 57.2 Å². The molecule has 4 aromatic rings.